The summed E-state index contributed by atoms with van der Waals surface area (Å²) in [6.45, 7) is 0. The molecule has 3 heterocycles. The van der Waals surface area contributed by atoms with Crippen LogP contribution >= 0.6 is 0 Å². The normalized spacial score (nSPS) is 12.9. The Bertz CT molecular complexity index is 3520. The molecule has 0 bridgehead atoms. The van der Waals surface area contributed by atoms with Crippen LogP contribution in [0.1, 0.15) is 22.3 Å². The number of benzene rings is 9. The largest absolute Gasteiger partial charge is 0.457 e. The van der Waals surface area contributed by atoms with Crippen molar-refractivity contribution in [1.82, 2.24) is 15.0 Å². The third-order valence-corrected chi connectivity index (χ3v) is 13.2. The Labute approximate surface area is 370 Å². The summed E-state index contributed by atoms with van der Waals surface area (Å²) in [6, 6.07) is 79.5. The van der Waals surface area contributed by atoms with Crippen LogP contribution in [-0.4, -0.2) is 15.0 Å². The lowest BCUT2D eigenvalue weighted by Gasteiger charge is -2.39. The highest BCUT2D eigenvalue weighted by molar-refractivity contribution is 6.13. The number of nitrogens with zero attached hydrogens (tertiary/aromatic N) is 3. The minimum Gasteiger partial charge on any atom is -0.457 e. The number of fused-ring (bicyclic) bond motifs is 12. The molecule has 0 unspecified atom stereocenters. The molecule has 0 saturated carbocycles. The van der Waals surface area contributed by atoms with Crippen LogP contribution in [-0.2, 0) is 5.41 Å². The van der Waals surface area contributed by atoms with Gasteiger partial charge >= 0.3 is 0 Å². The Kier molecular flexibility index (Phi) is 8.09. The molecule has 2 aliphatic rings. The van der Waals surface area contributed by atoms with Crippen molar-refractivity contribution in [3.05, 3.63) is 247 Å². The summed E-state index contributed by atoms with van der Waals surface area (Å²) < 4.78 is 7.01. The maximum Gasteiger partial charge on any atom is 0.160 e. The van der Waals surface area contributed by atoms with Gasteiger partial charge in [0.2, 0.25) is 0 Å². The fourth-order valence-electron chi connectivity index (χ4n) is 10.2. The summed E-state index contributed by atoms with van der Waals surface area (Å²) in [5.74, 6) is 2.43. The molecule has 0 saturated heterocycles. The second-order valence-corrected chi connectivity index (χ2v) is 16.7. The quantitative estimate of drug-likeness (QED) is 0.162. The molecule has 1 aliphatic carbocycles. The second-order valence-electron chi connectivity index (χ2n) is 16.7. The zero-order valence-electron chi connectivity index (χ0n) is 34.6. The van der Waals surface area contributed by atoms with Gasteiger partial charge in [0.15, 0.2) is 5.82 Å². The maximum atomic E-state index is 7.01. The van der Waals surface area contributed by atoms with Gasteiger partial charge in [-0.2, -0.15) is 0 Å². The van der Waals surface area contributed by atoms with E-state index in [2.05, 4.69) is 188 Å². The van der Waals surface area contributed by atoms with Crippen molar-refractivity contribution in [3.8, 4) is 78.9 Å². The molecule has 2 aromatic heterocycles. The number of hydrogen-bond donors (Lipinski definition) is 0. The first-order valence-corrected chi connectivity index (χ1v) is 21.8. The Hall–Kier alpha value is -8.47. The van der Waals surface area contributed by atoms with Gasteiger partial charge in [0.1, 0.15) is 11.5 Å². The predicted molar refractivity (Wildman–Crippen MR) is 259 cm³/mol. The van der Waals surface area contributed by atoms with Crippen molar-refractivity contribution in [2.45, 2.75) is 5.41 Å². The fraction of sp³-hybridized carbons (Fsp3) is 0.0167. The van der Waals surface area contributed by atoms with Crippen LogP contribution in [0.15, 0.2) is 224 Å². The van der Waals surface area contributed by atoms with E-state index in [4.69, 9.17) is 19.7 Å². The number of ether oxygens (including phenoxy) is 1. The Morgan fingerprint density at radius 3 is 1.52 bits per heavy atom. The lowest BCUT2D eigenvalue weighted by Crippen LogP contribution is -2.32. The maximum absolute atomic E-state index is 7.01. The van der Waals surface area contributed by atoms with Crippen LogP contribution in [0.5, 0.6) is 11.5 Å². The van der Waals surface area contributed by atoms with E-state index in [1.54, 1.807) is 0 Å². The van der Waals surface area contributed by atoms with E-state index in [-0.39, 0.29) is 0 Å². The molecule has 0 N–H and O–H groups in total. The van der Waals surface area contributed by atoms with Gasteiger partial charge in [0, 0.05) is 44.2 Å². The summed E-state index contributed by atoms with van der Waals surface area (Å²) in [6.07, 6.45) is 0. The predicted octanol–water partition coefficient (Wildman–Crippen LogP) is 15.0. The van der Waals surface area contributed by atoms with Crippen LogP contribution < -0.4 is 4.74 Å². The van der Waals surface area contributed by atoms with Crippen molar-refractivity contribution in [2.75, 3.05) is 0 Å². The highest BCUT2D eigenvalue weighted by atomic mass is 16.5. The number of hydrogen-bond acceptors (Lipinski definition) is 4. The second kappa shape index (κ2) is 14.3. The van der Waals surface area contributed by atoms with Crippen molar-refractivity contribution in [3.63, 3.8) is 0 Å². The van der Waals surface area contributed by atoms with E-state index in [0.29, 0.717) is 5.82 Å². The summed E-state index contributed by atoms with van der Waals surface area (Å²) >= 11 is 0. The van der Waals surface area contributed by atoms with E-state index in [0.717, 1.165) is 94.8 Å². The molecule has 13 rings (SSSR count). The van der Waals surface area contributed by atoms with E-state index in [1.165, 1.54) is 22.3 Å². The van der Waals surface area contributed by atoms with E-state index in [1.807, 2.05) is 36.4 Å². The van der Waals surface area contributed by atoms with Gasteiger partial charge in [-0.05, 0) is 75.2 Å². The van der Waals surface area contributed by atoms with Crippen LogP contribution in [0, 0.1) is 0 Å². The van der Waals surface area contributed by atoms with Crippen LogP contribution in [0.25, 0.3) is 89.1 Å². The van der Waals surface area contributed by atoms with Crippen LogP contribution in [0.3, 0.4) is 0 Å². The molecule has 298 valence electrons. The van der Waals surface area contributed by atoms with Crippen LogP contribution in [0.2, 0.25) is 0 Å². The summed E-state index contributed by atoms with van der Waals surface area (Å²) in [5.41, 5.74) is 16.7. The SMILES string of the molecule is c1ccc(-c2cc(-c3ccc(-c4ccc5nc(-c6ccccc6)c6cc7c(cc6c5c4)Oc4ccccc4C74c5ccccc5-c5ccccc54)cc3)nc(-c3ccccc3)n2)cc1. The summed E-state index contributed by atoms with van der Waals surface area (Å²) in [5, 5.41) is 3.25. The van der Waals surface area contributed by atoms with Crippen molar-refractivity contribution in [1.29, 1.82) is 0 Å². The average Bonchev–Trinajstić information content (AvgIpc) is 3.67. The molecular formula is C60H37N3O. The molecule has 1 spiro atoms. The van der Waals surface area contributed by atoms with Gasteiger partial charge in [0.05, 0.1) is 28.0 Å². The average molecular weight is 816 g/mol. The number of rotatable bonds is 5. The van der Waals surface area contributed by atoms with Gasteiger partial charge in [-0.25, -0.2) is 15.0 Å². The molecule has 4 heteroatoms. The van der Waals surface area contributed by atoms with Gasteiger partial charge < -0.3 is 4.74 Å². The Balaban J connectivity index is 0.991. The third kappa shape index (κ3) is 5.52. The number of aromatic nitrogens is 3. The minimum absolute atomic E-state index is 0.578. The summed E-state index contributed by atoms with van der Waals surface area (Å²) in [4.78, 5) is 15.5. The first-order valence-electron chi connectivity index (χ1n) is 21.8. The van der Waals surface area contributed by atoms with Crippen LogP contribution in [0.4, 0.5) is 0 Å². The molecule has 0 fully saturated rings. The molecule has 64 heavy (non-hydrogen) atoms. The first-order chi connectivity index (χ1) is 31.7. The standard InChI is InChI=1S/C60H37N3O/c1-4-16-39(17-5-1)54-37-55(63-59(62-54)42-20-8-3-9-21-42)40-30-28-38(29-31-40)43-32-33-53-47(34-43)46-36-57-52(35-48(46)58(61-53)41-18-6-2-7-19-41)60(51-26-14-15-27-56(51)64-57)49-24-12-10-22-44(49)45-23-11-13-25-50(45)60/h1-37H. The first kappa shape index (κ1) is 36.2. The van der Waals surface area contributed by atoms with Gasteiger partial charge in [-0.15, -0.1) is 0 Å². The molecule has 4 nitrogen and oxygen atoms in total. The van der Waals surface area contributed by atoms with E-state index < -0.39 is 5.41 Å². The summed E-state index contributed by atoms with van der Waals surface area (Å²) in [7, 11) is 0. The smallest absolute Gasteiger partial charge is 0.160 e. The molecule has 0 amide bonds. The molecule has 0 radical (unpaired) electrons. The molecule has 0 atom stereocenters. The molecule has 9 aromatic carbocycles. The highest BCUT2D eigenvalue weighted by Crippen LogP contribution is 2.62. The number of pyridine rings is 1. The zero-order valence-corrected chi connectivity index (χ0v) is 34.6. The minimum atomic E-state index is -0.578. The Morgan fingerprint density at radius 1 is 0.312 bits per heavy atom. The Morgan fingerprint density at radius 2 is 0.844 bits per heavy atom. The van der Waals surface area contributed by atoms with Gasteiger partial charge in [-0.3, -0.25) is 0 Å². The molecular weight excluding hydrogens is 779 g/mol. The lowest BCUT2D eigenvalue weighted by atomic mass is 9.65. The molecule has 1 aliphatic heterocycles. The zero-order chi connectivity index (χ0) is 42.2. The van der Waals surface area contributed by atoms with E-state index in [9.17, 15) is 0 Å². The van der Waals surface area contributed by atoms with Gasteiger partial charge in [0.25, 0.3) is 0 Å². The lowest BCUT2D eigenvalue weighted by molar-refractivity contribution is 0.437. The van der Waals surface area contributed by atoms with Gasteiger partial charge in [-0.1, -0.05) is 188 Å². The monoisotopic (exact) mass is 815 g/mol. The highest BCUT2D eigenvalue weighted by Gasteiger charge is 2.51. The van der Waals surface area contributed by atoms with E-state index >= 15 is 0 Å². The number of para-hydroxylation sites is 1. The van der Waals surface area contributed by atoms with Crippen molar-refractivity contribution >= 4 is 21.7 Å². The fourth-order valence-corrected chi connectivity index (χ4v) is 10.2. The molecule has 11 aromatic rings. The van der Waals surface area contributed by atoms with Crippen molar-refractivity contribution < 1.29 is 4.74 Å². The van der Waals surface area contributed by atoms with Crippen molar-refractivity contribution in [2.24, 2.45) is 0 Å². The topological polar surface area (TPSA) is 47.9 Å². The third-order valence-electron chi connectivity index (χ3n) is 13.2.